The maximum Gasteiger partial charge on any atom is 0.319 e. The molecule has 1 rings (SSSR count). The molecule has 6 heteroatoms. The fraction of sp³-hybridized carbons (Fsp3) is 0.652. The predicted octanol–water partition coefficient (Wildman–Crippen LogP) is 4.85. The zero-order chi connectivity index (χ0) is 22.4. The summed E-state index contributed by atoms with van der Waals surface area (Å²) in [6, 6.07) is 5.82. The average molecular weight is 405 g/mol. The van der Waals surface area contributed by atoms with Crippen LogP contribution in [0.25, 0.3) is 0 Å². The van der Waals surface area contributed by atoms with Crippen molar-refractivity contribution in [1.29, 1.82) is 0 Å². The number of benzene rings is 1. The number of anilines is 2. The van der Waals surface area contributed by atoms with Crippen LogP contribution in [0.15, 0.2) is 18.2 Å². The van der Waals surface area contributed by atoms with Gasteiger partial charge in [-0.15, -0.1) is 0 Å². The van der Waals surface area contributed by atoms with E-state index in [1.807, 2.05) is 55.9 Å². The highest BCUT2D eigenvalue weighted by atomic mass is 16.2. The van der Waals surface area contributed by atoms with Gasteiger partial charge in [0.2, 0.25) is 5.91 Å². The third kappa shape index (κ3) is 8.34. The van der Waals surface area contributed by atoms with Crippen molar-refractivity contribution in [2.24, 2.45) is 5.41 Å². The molecule has 0 aliphatic rings. The molecule has 0 aliphatic carbocycles. The zero-order valence-electron chi connectivity index (χ0n) is 19.7. The van der Waals surface area contributed by atoms with Crippen LogP contribution in [-0.4, -0.2) is 43.0 Å². The van der Waals surface area contributed by atoms with Gasteiger partial charge in [0.05, 0.1) is 0 Å². The Morgan fingerprint density at radius 2 is 1.72 bits per heavy atom. The highest BCUT2D eigenvalue weighted by Crippen LogP contribution is 2.27. The van der Waals surface area contributed by atoms with Crippen LogP contribution in [0, 0.1) is 5.41 Å². The van der Waals surface area contributed by atoms with Gasteiger partial charge >= 0.3 is 6.03 Å². The molecule has 0 bridgehead atoms. The summed E-state index contributed by atoms with van der Waals surface area (Å²) in [5.74, 6) is 0.160. The number of carbonyl (C=O) groups excluding carboxylic acids is 2. The fourth-order valence-electron chi connectivity index (χ4n) is 3.10. The van der Waals surface area contributed by atoms with E-state index < -0.39 is 0 Å². The number of rotatable bonds is 8. The van der Waals surface area contributed by atoms with E-state index in [0.29, 0.717) is 13.0 Å². The summed E-state index contributed by atoms with van der Waals surface area (Å²) in [6.45, 7) is 14.8. The Balaban J connectivity index is 3.19. The molecule has 164 valence electrons. The minimum atomic E-state index is -0.230. The molecule has 0 aliphatic heterocycles. The van der Waals surface area contributed by atoms with E-state index in [4.69, 9.17) is 0 Å². The number of hydrogen-bond acceptors (Lipinski definition) is 3. The average Bonchev–Trinajstić information content (AvgIpc) is 2.56. The molecule has 1 unspecified atom stereocenters. The van der Waals surface area contributed by atoms with Crippen LogP contribution in [0.2, 0.25) is 0 Å². The van der Waals surface area contributed by atoms with Crippen molar-refractivity contribution < 1.29 is 9.59 Å². The van der Waals surface area contributed by atoms with Crippen molar-refractivity contribution in [3.8, 4) is 0 Å². The van der Waals surface area contributed by atoms with Gasteiger partial charge in [-0.05, 0) is 56.4 Å². The monoisotopic (exact) mass is 404 g/mol. The Morgan fingerprint density at radius 1 is 1.10 bits per heavy atom. The lowest BCUT2D eigenvalue weighted by atomic mass is 9.91. The van der Waals surface area contributed by atoms with Crippen LogP contribution in [-0.2, 0) is 11.3 Å². The molecule has 1 atom stereocenters. The second-order valence-corrected chi connectivity index (χ2v) is 9.51. The second-order valence-electron chi connectivity index (χ2n) is 9.51. The molecule has 6 nitrogen and oxygen atoms in total. The van der Waals surface area contributed by atoms with Crippen LogP contribution >= 0.6 is 0 Å². The molecule has 0 saturated carbocycles. The summed E-state index contributed by atoms with van der Waals surface area (Å²) in [6.07, 6.45) is 1.39. The van der Waals surface area contributed by atoms with Crippen molar-refractivity contribution >= 4 is 23.3 Å². The van der Waals surface area contributed by atoms with Gasteiger partial charge in [-0.25, -0.2) is 4.79 Å². The summed E-state index contributed by atoms with van der Waals surface area (Å²) in [5.41, 5.74) is 2.71. The normalized spacial score (nSPS) is 12.5. The molecule has 0 aromatic heterocycles. The molecule has 3 amide bonds. The molecule has 0 saturated heterocycles. The number of amides is 3. The van der Waals surface area contributed by atoms with Crippen LogP contribution in [0.3, 0.4) is 0 Å². The number of carbonyl (C=O) groups is 2. The molecule has 0 spiro atoms. The Bertz CT molecular complexity index is 693. The number of nitrogens with zero attached hydrogens (tertiary/aromatic N) is 2. The van der Waals surface area contributed by atoms with Gasteiger partial charge in [0, 0.05) is 50.5 Å². The van der Waals surface area contributed by atoms with Crippen molar-refractivity contribution in [2.45, 2.75) is 79.9 Å². The van der Waals surface area contributed by atoms with E-state index in [-0.39, 0.29) is 29.4 Å². The summed E-state index contributed by atoms with van der Waals surface area (Å²) >= 11 is 0. The topological polar surface area (TPSA) is 64.7 Å². The lowest BCUT2D eigenvalue weighted by molar-refractivity contribution is -0.135. The third-order valence-corrected chi connectivity index (χ3v) is 4.70. The van der Waals surface area contributed by atoms with E-state index in [1.165, 1.54) is 0 Å². The van der Waals surface area contributed by atoms with Gasteiger partial charge in [-0.1, -0.05) is 27.7 Å². The Morgan fingerprint density at radius 3 is 2.21 bits per heavy atom. The SMILES string of the molecule is CCC(C)N(Cc1cc(NC(=O)NC(C)C)ccc1N(C)C)C(=O)CC(C)(C)C. The predicted molar refractivity (Wildman–Crippen MR) is 122 cm³/mol. The summed E-state index contributed by atoms with van der Waals surface area (Å²) < 4.78 is 0. The molecule has 1 aromatic rings. The first kappa shape index (κ1) is 24.8. The minimum Gasteiger partial charge on any atom is -0.377 e. The lowest BCUT2D eigenvalue weighted by Gasteiger charge is -2.33. The Kier molecular flexibility index (Phi) is 8.99. The van der Waals surface area contributed by atoms with Crippen LogP contribution < -0.4 is 15.5 Å². The second kappa shape index (κ2) is 10.5. The molecular weight excluding hydrogens is 364 g/mol. The zero-order valence-corrected chi connectivity index (χ0v) is 19.7. The van der Waals surface area contributed by atoms with Crippen molar-refractivity contribution in [2.75, 3.05) is 24.3 Å². The van der Waals surface area contributed by atoms with Gasteiger partial charge in [-0.2, -0.15) is 0 Å². The highest BCUT2D eigenvalue weighted by molar-refractivity contribution is 5.90. The molecule has 0 heterocycles. The number of urea groups is 1. The van der Waals surface area contributed by atoms with Gasteiger partial charge in [0.25, 0.3) is 0 Å². The largest absolute Gasteiger partial charge is 0.377 e. The molecule has 0 radical (unpaired) electrons. The first-order chi connectivity index (χ1) is 13.3. The summed E-state index contributed by atoms with van der Waals surface area (Å²) in [4.78, 5) is 29.2. The summed E-state index contributed by atoms with van der Waals surface area (Å²) in [7, 11) is 3.98. The van der Waals surface area contributed by atoms with Gasteiger partial charge in [-0.3, -0.25) is 4.79 Å². The number of nitrogens with one attached hydrogen (secondary N) is 2. The maximum absolute atomic E-state index is 13.1. The highest BCUT2D eigenvalue weighted by Gasteiger charge is 2.25. The standard InChI is InChI=1S/C23H40N4O2/c1-10-17(4)27(21(28)14-23(5,6)7)15-18-13-19(11-12-20(18)26(8)9)25-22(29)24-16(2)3/h11-13,16-17H,10,14-15H2,1-9H3,(H2,24,25,29). The van der Waals surface area contributed by atoms with Crippen LogP contribution in [0.4, 0.5) is 16.2 Å². The first-order valence-electron chi connectivity index (χ1n) is 10.5. The third-order valence-electron chi connectivity index (χ3n) is 4.70. The van der Waals surface area contributed by atoms with Crippen molar-refractivity contribution in [3.05, 3.63) is 23.8 Å². The smallest absolute Gasteiger partial charge is 0.319 e. The van der Waals surface area contributed by atoms with E-state index in [1.54, 1.807) is 0 Å². The molecule has 0 fully saturated rings. The Hall–Kier alpha value is -2.24. The van der Waals surface area contributed by atoms with Crippen LogP contribution in [0.5, 0.6) is 0 Å². The number of hydrogen-bond donors (Lipinski definition) is 2. The quantitative estimate of drug-likeness (QED) is 0.651. The minimum absolute atomic E-state index is 0.0615. The lowest BCUT2D eigenvalue weighted by Crippen LogP contribution is -2.39. The Labute approximate surface area is 177 Å². The van der Waals surface area contributed by atoms with E-state index in [2.05, 4.69) is 45.3 Å². The van der Waals surface area contributed by atoms with Gasteiger partial charge in [0.15, 0.2) is 0 Å². The molecular formula is C23H40N4O2. The molecule has 2 N–H and O–H groups in total. The van der Waals surface area contributed by atoms with Crippen LogP contribution in [0.1, 0.15) is 66.9 Å². The maximum atomic E-state index is 13.1. The van der Waals surface area contributed by atoms with E-state index >= 15 is 0 Å². The van der Waals surface area contributed by atoms with Gasteiger partial charge < -0.3 is 20.4 Å². The summed E-state index contributed by atoms with van der Waals surface area (Å²) in [5, 5.41) is 5.73. The molecule has 29 heavy (non-hydrogen) atoms. The fourth-order valence-corrected chi connectivity index (χ4v) is 3.10. The van der Waals surface area contributed by atoms with E-state index in [0.717, 1.165) is 23.4 Å². The first-order valence-corrected chi connectivity index (χ1v) is 10.5. The van der Waals surface area contributed by atoms with E-state index in [9.17, 15) is 9.59 Å². The van der Waals surface area contributed by atoms with Gasteiger partial charge in [0.1, 0.15) is 0 Å². The van der Waals surface area contributed by atoms with Crippen molar-refractivity contribution in [3.63, 3.8) is 0 Å². The molecule has 1 aromatic carbocycles. The van der Waals surface area contributed by atoms with Crippen molar-refractivity contribution in [1.82, 2.24) is 10.2 Å².